The van der Waals surface area contributed by atoms with Gasteiger partial charge in [-0.25, -0.2) is 5.43 Å². The van der Waals surface area contributed by atoms with E-state index in [4.69, 9.17) is 4.74 Å². The Morgan fingerprint density at radius 3 is 2.72 bits per heavy atom. The molecule has 0 aromatic heterocycles. The Balaban J connectivity index is 1.73. The number of hydrogen-bond donors (Lipinski definition) is 2. The lowest BCUT2D eigenvalue weighted by Gasteiger charge is -2.20. The molecule has 0 radical (unpaired) electrons. The molecule has 130 valence electrons. The molecule has 1 heterocycles. The smallest absolute Gasteiger partial charge is 0.273 e. The molecule has 2 aromatic rings. The fourth-order valence-corrected chi connectivity index (χ4v) is 2.93. The van der Waals surface area contributed by atoms with Gasteiger partial charge in [0.05, 0.1) is 18.9 Å². The zero-order valence-electron chi connectivity index (χ0n) is 14.1. The number of carbonyl (C=O) groups is 1. The maximum atomic E-state index is 12.5. The molecule has 1 amide bonds. The van der Waals surface area contributed by atoms with Crippen molar-refractivity contribution >= 4 is 17.8 Å². The van der Waals surface area contributed by atoms with Gasteiger partial charge in [0.2, 0.25) is 0 Å². The van der Waals surface area contributed by atoms with Crippen LogP contribution >= 0.6 is 0 Å². The Kier molecular flexibility index (Phi) is 5.18. The molecule has 1 fully saturated rings. The summed E-state index contributed by atoms with van der Waals surface area (Å²) in [5.74, 6) is 0.0660. The number of benzene rings is 2. The van der Waals surface area contributed by atoms with Gasteiger partial charge in [-0.3, -0.25) is 4.79 Å². The average molecular weight is 339 g/mol. The minimum atomic E-state index is -0.277. The van der Waals surface area contributed by atoms with E-state index in [0.717, 1.165) is 31.6 Å². The Labute approximate surface area is 146 Å². The van der Waals surface area contributed by atoms with E-state index >= 15 is 0 Å². The predicted octanol–water partition coefficient (Wildman–Crippen LogP) is 2.76. The van der Waals surface area contributed by atoms with Crippen molar-refractivity contribution in [3.63, 3.8) is 0 Å². The van der Waals surface area contributed by atoms with E-state index in [0.29, 0.717) is 16.9 Å². The van der Waals surface area contributed by atoms with Gasteiger partial charge < -0.3 is 14.7 Å². The molecule has 0 atom stereocenters. The van der Waals surface area contributed by atoms with Crippen LogP contribution in [0.2, 0.25) is 0 Å². The summed E-state index contributed by atoms with van der Waals surface area (Å²) in [6.07, 6.45) is 3.68. The number of nitrogens with one attached hydrogen (secondary N) is 1. The summed E-state index contributed by atoms with van der Waals surface area (Å²) in [5.41, 5.74) is 4.51. The SMILES string of the molecule is COc1cccc(C=NNC(=O)c2ccccc2N2CCCC2)c1O. The first-order chi connectivity index (χ1) is 12.2. The number of para-hydroxylation sites is 2. The molecule has 25 heavy (non-hydrogen) atoms. The summed E-state index contributed by atoms with van der Waals surface area (Å²) in [4.78, 5) is 14.7. The standard InChI is InChI=1S/C19H21N3O3/c1-25-17-10-6-7-14(18(17)23)13-20-21-19(24)15-8-2-3-9-16(15)22-11-4-5-12-22/h2-3,6-10,13,23H,4-5,11-12H2,1H3,(H,21,24). The molecule has 2 aromatic carbocycles. The van der Waals surface area contributed by atoms with Crippen LogP contribution in [0.1, 0.15) is 28.8 Å². The first-order valence-corrected chi connectivity index (χ1v) is 8.24. The minimum absolute atomic E-state index is 0.0135. The number of carbonyl (C=O) groups excluding carboxylic acids is 1. The van der Waals surface area contributed by atoms with Gasteiger partial charge >= 0.3 is 0 Å². The van der Waals surface area contributed by atoms with Crippen LogP contribution in [-0.2, 0) is 0 Å². The van der Waals surface area contributed by atoms with Gasteiger partial charge in [-0.05, 0) is 37.1 Å². The van der Waals surface area contributed by atoms with Crippen molar-refractivity contribution in [1.82, 2.24) is 5.43 Å². The van der Waals surface area contributed by atoms with E-state index in [-0.39, 0.29) is 11.7 Å². The second kappa shape index (κ2) is 7.70. The molecule has 0 aliphatic carbocycles. The topological polar surface area (TPSA) is 74.2 Å². The molecule has 1 aliphatic rings. The van der Waals surface area contributed by atoms with Crippen LogP contribution in [0, 0.1) is 0 Å². The molecule has 6 heteroatoms. The molecule has 6 nitrogen and oxygen atoms in total. The van der Waals surface area contributed by atoms with Crippen LogP contribution in [0.25, 0.3) is 0 Å². The Morgan fingerprint density at radius 1 is 1.20 bits per heavy atom. The van der Waals surface area contributed by atoms with Gasteiger partial charge in [-0.15, -0.1) is 0 Å². The Hall–Kier alpha value is -3.02. The van der Waals surface area contributed by atoms with Gasteiger partial charge in [-0.2, -0.15) is 5.10 Å². The second-order valence-electron chi connectivity index (χ2n) is 5.81. The number of nitrogens with zero attached hydrogens (tertiary/aromatic N) is 2. The number of phenolic OH excluding ortho intramolecular Hbond substituents is 1. The van der Waals surface area contributed by atoms with Gasteiger partial charge in [-0.1, -0.05) is 18.2 Å². The van der Waals surface area contributed by atoms with Crippen LogP contribution in [-0.4, -0.2) is 37.4 Å². The van der Waals surface area contributed by atoms with E-state index < -0.39 is 0 Å². The van der Waals surface area contributed by atoms with Crippen molar-refractivity contribution in [3.05, 3.63) is 53.6 Å². The molecule has 0 saturated carbocycles. The van der Waals surface area contributed by atoms with Crippen molar-refractivity contribution in [1.29, 1.82) is 0 Å². The highest BCUT2D eigenvalue weighted by Crippen LogP contribution is 2.28. The van der Waals surface area contributed by atoms with E-state index in [9.17, 15) is 9.90 Å². The zero-order valence-corrected chi connectivity index (χ0v) is 14.1. The number of hydrogen-bond acceptors (Lipinski definition) is 5. The van der Waals surface area contributed by atoms with Crippen LogP contribution in [0.15, 0.2) is 47.6 Å². The van der Waals surface area contributed by atoms with Crippen molar-refractivity contribution in [2.24, 2.45) is 5.10 Å². The molecule has 0 spiro atoms. The van der Waals surface area contributed by atoms with Crippen molar-refractivity contribution in [2.45, 2.75) is 12.8 Å². The predicted molar refractivity (Wildman–Crippen MR) is 97.6 cm³/mol. The molecular formula is C19H21N3O3. The first-order valence-electron chi connectivity index (χ1n) is 8.24. The van der Waals surface area contributed by atoms with E-state index in [2.05, 4.69) is 15.4 Å². The summed E-state index contributed by atoms with van der Waals surface area (Å²) < 4.78 is 5.05. The highest BCUT2D eigenvalue weighted by Gasteiger charge is 2.18. The lowest BCUT2D eigenvalue weighted by molar-refractivity contribution is 0.0955. The van der Waals surface area contributed by atoms with Gasteiger partial charge in [0.25, 0.3) is 5.91 Å². The number of ether oxygens (including phenoxy) is 1. The second-order valence-corrected chi connectivity index (χ2v) is 5.81. The van der Waals surface area contributed by atoms with Gasteiger partial charge in [0, 0.05) is 24.3 Å². The molecule has 1 saturated heterocycles. The molecule has 3 rings (SSSR count). The highest BCUT2D eigenvalue weighted by molar-refractivity contribution is 6.00. The third kappa shape index (κ3) is 3.74. The number of methoxy groups -OCH3 is 1. The molecule has 1 aliphatic heterocycles. The van der Waals surface area contributed by atoms with Crippen molar-refractivity contribution < 1.29 is 14.6 Å². The number of phenols is 1. The number of rotatable bonds is 5. The van der Waals surface area contributed by atoms with Crippen molar-refractivity contribution in [3.8, 4) is 11.5 Å². The van der Waals surface area contributed by atoms with Crippen LogP contribution in [0.5, 0.6) is 11.5 Å². The van der Waals surface area contributed by atoms with Crippen LogP contribution < -0.4 is 15.1 Å². The third-order valence-electron chi connectivity index (χ3n) is 4.22. The first kappa shape index (κ1) is 16.8. The Bertz CT molecular complexity index is 783. The average Bonchev–Trinajstić information content (AvgIpc) is 3.17. The lowest BCUT2D eigenvalue weighted by atomic mass is 10.1. The third-order valence-corrected chi connectivity index (χ3v) is 4.22. The maximum absolute atomic E-state index is 12.5. The largest absolute Gasteiger partial charge is 0.504 e. The van der Waals surface area contributed by atoms with Crippen molar-refractivity contribution in [2.75, 3.05) is 25.1 Å². The fraction of sp³-hybridized carbons (Fsp3) is 0.263. The van der Waals surface area contributed by atoms with Crippen LogP contribution in [0.3, 0.4) is 0 Å². The fourth-order valence-electron chi connectivity index (χ4n) is 2.93. The summed E-state index contributed by atoms with van der Waals surface area (Å²) in [7, 11) is 1.48. The normalized spacial score (nSPS) is 14.0. The summed E-state index contributed by atoms with van der Waals surface area (Å²) in [5, 5.41) is 14.0. The molecular weight excluding hydrogens is 318 g/mol. The quantitative estimate of drug-likeness (QED) is 0.649. The summed E-state index contributed by atoms with van der Waals surface area (Å²) >= 11 is 0. The number of anilines is 1. The van der Waals surface area contributed by atoms with E-state index in [1.54, 1.807) is 24.3 Å². The summed E-state index contributed by atoms with van der Waals surface area (Å²) in [6.45, 7) is 1.93. The zero-order chi connectivity index (χ0) is 17.6. The number of aromatic hydroxyl groups is 1. The minimum Gasteiger partial charge on any atom is -0.504 e. The van der Waals surface area contributed by atoms with E-state index in [1.807, 2.05) is 18.2 Å². The van der Waals surface area contributed by atoms with Crippen LogP contribution in [0.4, 0.5) is 5.69 Å². The maximum Gasteiger partial charge on any atom is 0.273 e. The van der Waals surface area contributed by atoms with Gasteiger partial charge in [0.15, 0.2) is 11.5 Å². The lowest BCUT2D eigenvalue weighted by Crippen LogP contribution is -2.24. The highest BCUT2D eigenvalue weighted by atomic mass is 16.5. The number of hydrazone groups is 1. The Morgan fingerprint density at radius 2 is 1.96 bits per heavy atom. The molecule has 0 unspecified atom stereocenters. The molecule has 0 bridgehead atoms. The van der Waals surface area contributed by atoms with Gasteiger partial charge in [0.1, 0.15) is 0 Å². The van der Waals surface area contributed by atoms with E-state index in [1.165, 1.54) is 13.3 Å². The monoisotopic (exact) mass is 339 g/mol. The number of amides is 1. The molecule has 2 N–H and O–H groups in total. The summed E-state index contributed by atoms with van der Waals surface area (Å²) in [6, 6.07) is 12.6.